The molecule has 4 heterocycles. The van der Waals surface area contributed by atoms with E-state index in [1.54, 1.807) is 55.4 Å². The van der Waals surface area contributed by atoms with Crippen LogP contribution in [0.4, 0.5) is 11.4 Å². The highest BCUT2D eigenvalue weighted by Crippen LogP contribution is 2.61. The van der Waals surface area contributed by atoms with Crippen molar-refractivity contribution >= 4 is 34.8 Å². The van der Waals surface area contributed by atoms with Crippen LogP contribution >= 0.6 is 11.8 Å². The van der Waals surface area contributed by atoms with Crippen molar-refractivity contribution in [3.8, 4) is 5.75 Å². The first-order chi connectivity index (χ1) is 17.5. The Morgan fingerprint density at radius 2 is 2.11 bits per heavy atom. The molecule has 182 valence electrons. The molecule has 10 heteroatoms. The Morgan fingerprint density at radius 1 is 1.25 bits per heavy atom. The quantitative estimate of drug-likeness (QED) is 0.318. The third-order valence-corrected chi connectivity index (χ3v) is 8.56. The highest BCUT2D eigenvalue weighted by Gasteiger charge is 2.69. The van der Waals surface area contributed by atoms with Crippen molar-refractivity contribution in [1.29, 1.82) is 0 Å². The number of nitrogens with zero attached hydrogens (tertiary/aromatic N) is 3. The number of aromatic nitrogens is 1. The van der Waals surface area contributed by atoms with E-state index >= 15 is 0 Å². The van der Waals surface area contributed by atoms with Gasteiger partial charge >= 0.3 is 0 Å². The number of benzene rings is 2. The van der Waals surface area contributed by atoms with Gasteiger partial charge in [0.05, 0.1) is 18.0 Å². The van der Waals surface area contributed by atoms with Gasteiger partial charge in [0.2, 0.25) is 5.91 Å². The summed E-state index contributed by atoms with van der Waals surface area (Å²) in [6, 6.07) is 15.1. The standard InChI is InChI=1S/C26H22N4O5S/c1-35-18-7-8-20-19(11-18)26(25(32)28-20)23(24(31)16-5-3-9-27-12-16)22(21-13-36-14-29(21)26)15-4-2-6-17(10-15)30(33)34/h2-12,21-23H,13-14H2,1H3,(H,28,32)/t21?,22?,23?,26-/m1/s1. The Bertz CT molecular complexity index is 1400. The lowest BCUT2D eigenvalue weighted by molar-refractivity contribution is -0.384. The molecule has 4 atom stereocenters. The van der Waals surface area contributed by atoms with Gasteiger partial charge in [-0.05, 0) is 35.9 Å². The molecule has 0 saturated carbocycles. The summed E-state index contributed by atoms with van der Waals surface area (Å²) in [5.74, 6) is 0.0614. The number of ether oxygens (including phenoxy) is 1. The molecule has 1 amide bonds. The third-order valence-electron chi connectivity index (χ3n) is 7.52. The molecule has 9 nitrogen and oxygen atoms in total. The molecular formula is C26H22N4O5S. The monoisotopic (exact) mass is 502 g/mol. The van der Waals surface area contributed by atoms with Crippen LogP contribution in [0.5, 0.6) is 5.75 Å². The highest BCUT2D eigenvalue weighted by molar-refractivity contribution is 7.99. The first-order valence-corrected chi connectivity index (χ1v) is 12.7. The van der Waals surface area contributed by atoms with E-state index in [1.165, 1.54) is 18.3 Å². The second-order valence-corrected chi connectivity index (χ2v) is 10.1. The molecular weight excluding hydrogens is 480 g/mol. The predicted molar refractivity (Wildman–Crippen MR) is 134 cm³/mol. The Balaban J connectivity index is 1.63. The first-order valence-electron chi connectivity index (χ1n) is 11.5. The van der Waals surface area contributed by atoms with Gasteiger partial charge in [-0.15, -0.1) is 11.8 Å². The van der Waals surface area contributed by atoms with Gasteiger partial charge in [-0.25, -0.2) is 0 Å². The highest BCUT2D eigenvalue weighted by atomic mass is 32.2. The van der Waals surface area contributed by atoms with Gasteiger partial charge in [0.25, 0.3) is 5.69 Å². The second-order valence-electron chi connectivity index (χ2n) is 9.13. The molecule has 3 unspecified atom stereocenters. The molecule has 1 N–H and O–H groups in total. The number of methoxy groups -OCH3 is 1. The summed E-state index contributed by atoms with van der Waals surface area (Å²) in [5.41, 5.74) is 1.06. The van der Waals surface area contributed by atoms with Crippen LogP contribution < -0.4 is 10.1 Å². The molecule has 3 aliphatic rings. The van der Waals surface area contributed by atoms with Crippen molar-refractivity contribution < 1.29 is 19.2 Å². The van der Waals surface area contributed by atoms with Crippen LogP contribution in [-0.4, -0.2) is 51.3 Å². The van der Waals surface area contributed by atoms with E-state index in [0.29, 0.717) is 39.8 Å². The number of ketones is 1. The van der Waals surface area contributed by atoms with Gasteiger partial charge in [-0.3, -0.25) is 29.6 Å². The lowest BCUT2D eigenvalue weighted by atomic mass is 9.69. The number of nitrogens with one attached hydrogen (secondary N) is 1. The number of pyridine rings is 1. The van der Waals surface area contributed by atoms with Gasteiger partial charge in [0.1, 0.15) is 11.3 Å². The van der Waals surface area contributed by atoms with Crippen LogP contribution in [0.3, 0.4) is 0 Å². The van der Waals surface area contributed by atoms with Crippen LogP contribution in [0.2, 0.25) is 0 Å². The number of carbonyl (C=O) groups excluding carboxylic acids is 2. The molecule has 2 fully saturated rings. The summed E-state index contributed by atoms with van der Waals surface area (Å²) in [5, 5.41) is 14.6. The van der Waals surface area contributed by atoms with E-state index in [9.17, 15) is 19.7 Å². The fraction of sp³-hybridized carbons (Fsp3) is 0.269. The number of rotatable bonds is 5. The smallest absolute Gasteiger partial charge is 0.269 e. The molecule has 36 heavy (non-hydrogen) atoms. The third kappa shape index (κ3) is 3.11. The molecule has 0 bridgehead atoms. The zero-order valence-electron chi connectivity index (χ0n) is 19.3. The number of nitro benzene ring substituents is 1. The number of nitro groups is 1. The summed E-state index contributed by atoms with van der Waals surface area (Å²) < 4.78 is 5.49. The number of thioether (sulfide) groups is 1. The number of carbonyl (C=O) groups is 2. The number of hydrogen-bond acceptors (Lipinski definition) is 8. The summed E-state index contributed by atoms with van der Waals surface area (Å²) in [7, 11) is 1.56. The lowest BCUT2D eigenvalue weighted by Gasteiger charge is -2.36. The van der Waals surface area contributed by atoms with E-state index in [2.05, 4.69) is 15.2 Å². The van der Waals surface area contributed by atoms with Gasteiger partial charge in [-0.2, -0.15) is 0 Å². The summed E-state index contributed by atoms with van der Waals surface area (Å²) in [6.07, 6.45) is 3.11. The number of amides is 1. The maximum atomic E-state index is 14.3. The Hall–Kier alpha value is -3.76. The molecule has 0 radical (unpaired) electrons. The zero-order chi connectivity index (χ0) is 25.0. The fourth-order valence-corrected chi connectivity index (χ4v) is 7.41. The normalized spacial score (nSPS) is 26.5. The average molecular weight is 503 g/mol. The Morgan fingerprint density at radius 3 is 2.86 bits per heavy atom. The molecule has 1 aromatic heterocycles. The summed E-state index contributed by atoms with van der Waals surface area (Å²) >= 11 is 1.69. The zero-order valence-corrected chi connectivity index (χ0v) is 20.1. The molecule has 3 aromatic rings. The number of fused-ring (bicyclic) bond motifs is 4. The SMILES string of the molecule is COc1ccc2c(c1)[C@]1(C(=O)N2)C(C(=O)c2cccnc2)C(c2cccc([N+](=O)[O-])c2)C2CSCN21. The maximum Gasteiger partial charge on any atom is 0.269 e. The summed E-state index contributed by atoms with van der Waals surface area (Å²) in [4.78, 5) is 45.8. The van der Waals surface area contributed by atoms with Crippen molar-refractivity contribution in [3.05, 3.63) is 93.8 Å². The Labute approximate surface area is 211 Å². The average Bonchev–Trinajstić information content (AvgIpc) is 3.57. The number of anilines is 1. The van der Waals surface area contributed by atoms with Gasteiger partial charge in [0, 0.05) is 64.9 Å². The minimum absolute atomic E-state index is 0.0452. The molecule has 0 aliphatic carbocycles. The van der Waals surface area contributed by atoms with Crippen molar-refractivity contribution in [1.82, 2.24) is 9.88 Å². The number of non-ortho nitro benzene ring substituents is 1. The van der Waals surface area contributed by atoms with Crippen LogP contribution in [-0.2, 0) is 10.3 Å². The lowest BCUT2D eigenvalue weighted by Crippen LogP contribution is -2.52. The van der Waals surface area contributed by atoms with Crippen LogP contribution in [0.1, 0.15) is 27.4 Å². The van der Waals surface area contributed by atoms with E-state index in [4.69, 9.17) is 4.74 Å². The van der Waals surface area contributed by atoms with Gasteiger partial charge in [0.15, 0.2) is 5.78 Å². The molecule has 1 spiro atoms. The topological polar surface area (TPSA) is 115 Å². The molecule has 6 rings (SSSR count). The maximum absolute atomic E-state index is 14.3. The van der Waals surface area contributed by atoms with Crippen LogP contribution in [0, 0.1) is 16.0 Å². The largest absolute Gasteiger partial charge is 0.497 e. The van der Waals surface area contributed by atoms with Crippen LogP contribution in [0.25, 0.3) is 0 Å². The number of Topliss-reactive ketones (excluding diaryl/α,β-unsaturated/α-hetero) is 1. The van der Waals surface area contributed by atoms with Crippen molar-refractivity contribution in [2.75, 3.05) is 24.1 Å². The number of hydrogen-bond donors (Lipinski definition) is 1. The van der Waals surface area contributed by atoms with E-state index in [-0.39, 0.29) is 23.4 Å². The van der Waals surface area contributed by atoms with Crippen molar-refractivity contribution in [2.45, 2.75) is 17.5 Å². The van der Waals surface area contributed by atoms with E-state index in [0.717, 1.165) is 0 Å². The summed E-state index contributed by atoms with van der Waals surface area (Å²) in [6.45, 7) is 0. The minimum atomic E-state index is -1.29. The first kappa shape index (κ1) is 22.7. The van der Waals surface area contributed by atoms with Gasteiger partial charge in [-0.1, -0.05) is 12.1 Å². The van der Waals surface area contributed by atoms with Crippen molar-refractivity contribution in [3.63, 3.8) is 0 Å². The molecule has 3 aliphatic heterocycles. The van der Waals surface area contributed by atoms with Crippen LogP contribution in [0.15, 0.2) is 67.0 Å². The predicted octanol–water partition coefficient (Wildman–Crippen LogP) is 3.82. The molecule has 2 saturated heterocycles. The molecule has 2 aromatic carbocycles. The van der Waals surface area contributed by atoms with E-state index in [1.807, 2.05) is 12.1 Å². The second kappa shape index (κ2) is 8.42. The fourth-order valence-electron chi connectivity index (χ4n) is 6.09. The van der Waals surface area contributed by atoms with Gasteiger partial charge < -0.3 is 10.1 Å². The van der Waals surface area contributed by atoms with Crippen molar-refractivity contribution in [2.24, 2.45) is 5.92 Å². The Kier molecular flexibility index (Phi) is 5.31. The minimum Gasteiger partial charge on any atom is -0.497 e. The van der Waals surface area contributed by atoms with E-state index < -0.39 is 22.3 Å².